The van der Waals surface area contributed by atoms with Gasteiger partial charge in [-0.3, -0.25) is 14.5 Å². The molecular weight excluding hydrogens is 380 g/mol. The molecule has 0 spiro atoms. The van der Waals surface area contributed by atoms with E-state index in [1.807, 2.05) is 30.3 Å². The highest BCUT2D eigenvalue weighted by molar-refractivity contribution is 5.78. The lowest BCUT2D eigenvalue weighted by molar-refractivity contribution is -0.136. The Kier molecular flexibility index (Phi) is 7.85. The van der Waals surface area contributed by atoms with Crippen LogP contribution in [0.5, 0.6) is 5.75 Å². The first-order valence-electron chi connectivity index (χ1n) is 10.5. The highest BCUT2D eigenvalue weighted by Gasteiger charge is 2.17. The van der Waals surface area contributed by atoms with Crippen molar-refractivity contribution in [3.63, 3.8) is 0 Å². The second-order valence-corrected chi connectivity index (χ2v) is 7.84. The normalized spacial score (nSPS) is 16.2. The van der Waals surface area contributed by atoms with Crippen molar-refractivity contribution in [2.45, 2.75) is 45.7 Å². The van der Waals surface area contributed by atoms with Gasteiger partial charge in [0.25, 0.3) is 0 Å². The number of carbonyl (C=O) groups is 2. The topological polar surface area (TPSA) is 78.9 Å². The fourth-order valence-corrected chi connectivity index (χ4v) is 3.69. The van der Waals surface area contributed by atoms with Crippen LogP contribution in [-0.2, 0) is 29.1 Å². The van der Waals surface area contributed by atoms with Crippen molar-refractivity contribution < 1.29 is 19.4 Å². The fraction of sp³-hybridized carbons (Fsp3) is 0.417. The summed E-state index contributed by atoms with van der Waals surface area (Å²) in [6.45, 7) is 4.76. The van der Waals surface area contributed by atoms with Crippen LogP contribution in [0.1, 0.15) is 41.5 Å². The first-order valence-corrected chi connectivity index (χ1v) is 10.5. The average Bonchev–Trinajstić information content (AvgIpc) is 2.70. The van der Waals surface area contributed by atoms with Gasteiger partial charge in [0.15, 0.2) is 0 Å². The first kappa shape index (κ1) is 21.8. The second kappa shape index (κ2) is 10.8. The van der Waals surface area contributed by atoms with Gasteiger partial charge in [-0.15, -0.1) is 0 Å². The van der Waals surface area contributed by atoms with Crippen molar-refractivity contribution in [2.24, 2.45) is 0 Å². The number of nitrogens with one attached hydrogen (secondary N) is 1. The monoisotopic (exact) mass is 410 g/mol. The second-order valence-electron chi connectivity index (χ2n) is 7.84. The van der Waals surface area contributed by atoms with Crippen LogP contribution in [0.15, 0.2) is 42.5 Å². The van der Waals surface area contributed by atoms with Crippen LogP contribution < -0.4 is 10.1 Å². The van der Waals surface area contributed by atoms with E-state index in [9.17, 15) is 14.7 Å². The van der Waals surface area contributed by atoms with Gasteiger partial charge >= 0.3 is 5.97 Å². The molecule has 3 rings (SSSR count). The number of ether oxygens (including phenoxy) is 1. The van der Waals surface area contributed by atoms with E-state index in [-0.39, 0.29) is 18.9 Å². The summed E-state index contributed by atoms with van der Waals surface area (Å²) in [6, 6.07) is 13.7. The van der Waals surface area contributed by atoms with Gasteiger partial charge in [0.1, 0.15) is 5.75 Å². The molecule has 1 aliphatic rings. The van der Waals surface area contributed by atoms with Gasteiger partial charge in [-0.1, -0.05) is 36.4 Å². The summed E-state index contributed by atoms with van der Waals surface area (Å²) in [5.74, 6) is -0.0952. The minimum absolute atomic E-state index is 0.00647. The molecule has 0 unspecified atom stereocenters. The van der Waals surface area contributed by atoms with E-state index < -0.39 is 5.97 Å². The fourth-order valence-electron chi connectivity index (χ4n) is 3.69. The number of carbonyl (C=O) groups excluding carboxylic acids is 1. The summed E-state index contributed by atoms with van der Waals surface area (Å²) in [7, 11) is 0. The third-order valence-corrected chi connectivity index (χ3v) is 5.30. The van der Waals surface area contributed by atoms with Gasteiger partial charge in [-0.2, -0.15) is 0 Å². The van der Waals surface area contributed by atoms with Crippen molar-refractivity contribution in [1.29, 1.82) is 0 Å². The molecule has 0 aliphatic carbocycles. The SMILES string of the molecule is Cc1ccccc1CN1CC(=O)NCCCCCOc2ccc(CC(=O)O)cc2C1. The number of benzene rings is 2. The van der Waals surface area contributed by atoms with Crippen molar-refractivity contribution in [3.8, 4) is 5.75 Å². The van der Waals surface area contributed by atoms with Gasteiger partial charge < -0.3 is 15.2 Å². The average molecular weight is 411 g/mol. The molecule has 30 heavy (non-hydrogen) atoms. The number of carboxylic acid groups (broad SMARTS) is 1. The molecule has 0 fully saturated rings. The summed E-state index contributed by atoms with van der Waals surface area (Å²) in [5.41, 5.74) is 3.99. The highest BCUT2D eigenvalue weighted by Crippen LogP contribution is 2.24. The quantitative estimate of drug-likeness (QED) is 0.809. The maximum Gasteiger partial charge on any atom is 0.307 e. The van der Waals surface area contributed by atoms with E-state index in [1.165, 1.54) is 11.1 Å². The van der Waals surface area contributed by atoms with Crippen molar-refractivity contribution in [1.82, 2.24) is 10.2 Å². The molecule has 160 valence electrons. The molecule has 6 nitrogen and oxygen atoms in total. The molecule has 1 aliphatic heterocycles. The number of aliphatic carboxylic acids is 1. The standard InChI is InChI=1S/C24H30N2O4/c1-18-7-3-4-8-20(18)15-26-16-21-13-19(14-24(28)29)9-10-22(21)30-12-6-2-5-11-25-23(27)17-26/h3-4,7-10,13H,2,5-6,11-12,14-17H2,1H3,(H,25,27)(H,28,29). The number of rotatable bonds is 4. The first-order chi connectivity index (χ1) is 14.5. The van der Waals surface area contributed by atoms with Crippen LogP contribution in [0, 0.1) is 6.92 Å². The lowest BCUT2D eigenvalue weighted by atomic mass is 10.0. The van der Waals surface area contributed by atoms with Gasteiger partial charge in [0, 0.05) is 25.2 Å². The molecule has 6 heteroatoms. The third kappa shape index (κ3) is 6.59. The molecule has 0 atom stereocenters. The smallest absolute Gasteiger partial charge is 0.307 e. The maximum absolute atomic E-state index is 12.5. The molecule has 1 amide bonds. The van der Waals surface area contributed by atoms with Crippen molar-refractivity contribution in [3.05, 3.63) is 64.7 Å². The zero-order valence-electron chi connectivity index (χ0n) is 17.5. The number of hydrogen-bond acceptors (Lipinski definition) is 4. The molecule has 0 bridgehead atoms. The molecule has 2 aromatic rings. The summed E-state index contributed by atoms with van der Waals surface area (Å²) in [4.78, 5) is 25.8. The molecule has 0 radical (unpaired) electrons. The Labute approximate surface area is 177 Å². The molecular formula is C24H30N2O4. The summed E-state index contributed by atoms with van der Waals surface area (Å²) >= 11 is 0. The minimum atomic E-state index is -0.864. The Morgan fingerprint density at radius 1 is 1.13 bits per heavy atom. The van der Waals surface area contributed by atoms with Crippen LogP contribution in [-0.4, -0.2) is 41.6 Å². The Bertz CT molecular complexity index is 881. The predicted molar refractivity (Wildman–Crippen MR) is 115 cm³/mol. The van der Waals surface area contributed by atoms with Crippen LogP contribution >= 0.6 is 0 Å². The molecule has 2 N–H and O–H groups in total. The Morgan fingerprint density at radius 2 is 1.97 bits per heavy atom. The zero-order valence-corrected chi connectivity index (χ0v) is 17.5. The van der Waals surface area contributed by atoms with E-state index >= 15 is 0 Å². The zero-order chi connectivity index (χ0) is 21.3. The van der Waals surface area contributed by atoms with Crippen LogP contribution in [0.2, 0.25) is 0 Å². The number of aryl methyl sites for hydroxylation is 1. The lowest BCUT2D eigenvalue weighted by Crippen LogP contribution is -2.37. The van der Waals surface area contributed by atoms with Gasteiger partial charge in [-0.25, -0.2) is 0 Å². The Balaban J connectivity index is 1.90. The summed E-state index contributed by atoms with van der Waals surface area (Å²) < 4.78 is 6.03. The number of nitrogens with zero attached hydrogens (tertiary/aromatic N) is 1. The molecule has 1 heterocycles. The molecule has 0 aromatic heterocycles. The van der Waals surface area contributed by atoms with E-state index in [2.05, 4.69) is 29.3 Å². The van der Waals surface area contributed by atoms with Gasteiger partial charge in [0.05, 0.1) is 19.6 Å². The largest absolute Gasteiger partial charge is 0.493 e. The van der Waals surface area contributed by atoms with Crippen molar-refractivity contribution >= 4 is 11.9 Å². The van der Waals surface area contributed by atoms with Crippen LogP contribution in [0.25, 0.3) is 0 Å². The van der Waals surface area contributed by atoms with Crippen molar-refractivity contribution in [2.75, 3.05) is 19.7 Å². The molecule has 2 aromatic carbocycles. The Hall–Kier alpha value is -2.86. The minimum Gasteiger partial charge on any atom is -0.493 e. The molecule has 0 saturated heterocycles. The number of amides is 1. The number of carboxylic acids is 1. The third-order valence-electron chi connectivity index (χ3n) is 5.30. The van der Waals surface area contributed by atoms with E-state index in [0.29, 0.717) is 26.2 Å². The van der Waals surface area contributed by atoms with Gasteiger partial charge in [0.2, 0.25) is 5.91 Å². The predicted octanol–water partition coefficient (Wildman–Crippen LogP) is 3.30. The van der Waals surface area contributed by atoms with Crippen LogP contribution in [0.4, 0.5) is 0 Å². The lowest BCUT2D eigenvalue weighted by Gasteiger charge is -2.24. The van der Waals surface area contributed by atoms with Crippen LogP contribution in [0.3, 0.4) is 0 Å². The highest BCUT2D eigenvalue weighted by atomic mass is 16.5. The van der Waals surface area contributed by atoms with E-state index in [1.54, 1.807) is 0 Å². The summed E-state index contributed by atoms with van der Waals surface area (Å²) in [5, 5.41) is 12.2. The Morgan fingerprint density at radius 3 is 2.77 bits per heavy atom. The van der Waals surface area contributed by atoms with E-state index in [0.717, 1.165) is 36.1 Å². The maximum atomic E-state index is 12.5. The summed E-state index contributed by atoms with van der Waals surface area (Å²) in [6.07, 6.45) is 2.79. The van der Waals surface area contributed by atoms with E-state index in [4.69, 9.17) is 4.74 Å². The molecule has 0 saturated carbocycles. The number of fused-ring (bicyclic) bond motifs is 1. The number of hydrogen-bond donors (Lipinski definition) is 2. The van der Waals surface area contributed by atoms with Gasteiger partial charge in [-0.05, 0) is 48.9 Å².